The van der Waals surface area contributed by atoms with E-state index in [9.17, 15) is 4.79 Å². The third-order valence-electron chi connectivity index (χ3n) is 4.35. The van der Waals surface area contributed by atoms with Crippen LogP contribution in [0.15, 0.2) is 49.1 Å². The Hall–Kier alpha value is -2.14. The normalized spacial score (nSPS) is 19.5. The van der Waals surface area contributed by atoms with Gasteiger partial charge >= 0.3 is 0 Å². The van der Waals surface area contributed by atoms with Crippen LogP contribution in [0.1, 0.15) is 31.4 Å². The van der Waals surface area contributed by atoms with Gasteiger partial charge in [-0.3, -0.25) is 4.79 Å². The van der Waals surface area contributed by atoms with Gasteiger partial charge in [-0.1, -0.05) is 30.3 Å². The molecule has 1 amide bonds. The molecule has 1 fully saturated rings. The summed E-state index contributed by atoms with van der Waals surface area (Å²) in [5.74, 6) is 0.0748. The van der Waals surface area contributed by atoms with Crippen molar-refractivity contribution in [2.24, 2.45) is 0 Å². The van der Waals surface area contributed by atoms with E-state index in [1.165, 1.54) is 0 Å². The van der Waals surface area contributed by atoms with Crippen LogP contribution in [0.4, 0.5) is 0 Å². The van der Waals surface area contributed by atoms with E-state index in [4.69, 9.17) is 4.74 Å². The quantitative estimate of drug-likeness (QED) is 0.852. The zero-order chi connectivity index (χ0) is 16.1. The molecule has 1 aliphatic heterocycles. The van der Waals surface area contributed by atoms with Gasteiger partial charge in [0.25, 0.3) is 5.91 Å². The second-order valence-electron chi connectivity index (χ2n) is 6.03. The van der Waals surface area contributed by atoms with Gasteiger partial charge in [-0.2, -0.15) is 0 Å². The molecule has 3 rings (SSSR count). The maximum absolute atomic E-state index is 12.6. The van der Waals surface area contributed by atoms with E-state index < -0.39 is 6.10 Å². The number of benzene rings is 1. The molecule has 0 spiro atoms. The Bertz CT molecular complexity index is 612. The topological polar surface area (TPSA) is 47.4 Å². The summed E-state index contributed by atoms with van der Waals surface area (Å²) in [6.07, 6.45) is 7.25. The van der Waals surface area contributed by atoms with Crippen LogP contribution in [0.25, 0.3) is 0 Å². The highest BCUT2D eigenvalue weighted by Gasteiger charge is 2.27. The van der Waals surface area contributed by atoms with E-state index in [2.05, 4.69) is 9.55 Å². The molecule has 1 aromatic carbocycles. The molecule has 0 saturated carbocycles. The van der Waals surface area contributed by atoms with Gasteiger partial charge < -0.3 is 14.2 Å². The lowest BCUT2D eigenvalue weighted by atomic mass is 10.0. The van der Waals surface area contributed by atoms with E-state index in [1.54, 1.807) is 6.20 Å². The first-order chi connectivity index (χ1) is 11.2. The van der Waals surface area contributed by atoms with Crippen molar-refractivity contribution >= 4 is 5.91 Å². The molecule has 0 bridgehead atoms. The predicted octanol–water partition coefficient (Wildman–Crippen LogP) is 2.65. The average Bonchev–Trinajstić information content (AvgIpc) is 3.15. The number of hydrogen-bond donors (Lipinski definition) is 0. The van der Waals surface area contributed by atoms with Crippen molar-refractivity contribution in [2.75, 3.05) is 13.1 Å². The maximum Gasteiger partial charge on any atom is 0.251 e. The molecule has 0 aliphatic carbocycles. The highest BCUT2D eigenvalue weighted by Crippen LogP contribution is 2.22. The minimum Gasteiger partial charge on any atom is -0.364 e. The molecule has 0 N–H and O–H groups in total. The summed E-state index contributed by atoms with van der Waals surface area (Å²) in [6.45, 7) is 3.84. The lowest BCUT2D eigenvalue weighted by Crippen LogP contribution is -2.45. The highest BCUT2D eigenvalue weighted by atomic mass is 16.5. The Balaban J connectivity index is 1.54. The number of piperidine rings is 1. The fraction of sp³-hybridized carbons (Fsp3) is 0.444. The van der Waals surface area contributed by atoms with Crippen molar-refractivity contribution in [3.8, 4) is 0 Å². The van der Waals surface area contributed by atoms with E-state index in [-0.39, 0.29) is 5.91 Å². The number of ether oxygens (including phenoxy) is 1. The molecule has 5 nitrogen and oxygen atoms in total. The van der Waals surface area contributed by atoms with Gasteiger partial charge in [-0.15, -0.1) is 0 Å². The molecule has 1 aromatic heterocycles. The summed E-state index contributed by atoms with van der Waals surface area (Å²) >= 11 is 0. The standard InChI is InChI=1S/C18H23N3O2/c1-15(23-13-16-6-3-2-4-7-16)18(22)20-10-5-8-17(12-20)21-11-9-19-14-21/h2-4,6-7,9,11,14-15,17H,5,8,10,12-13H2,1H3/t15-,17-/m0/s1. The largest absolute Gasteiger partial charge is 0.364 e. The van der Waals surface area contributed by atoms with Gasteiger partial charge in [-0.25, -0.2) is 4.98 Å². The average molecular weight is 313 g/mol. The summed E-state index contributed by atoms with van der Waals surface area (Å²) in [7, 11) is 0. The molecule has 2 aromatic rings. The van der Waals surface area contributed by atoms with Crippen LogP contribution >= 0.6 is 0 Å². The third-order valence-corrected chi connectivity index (χ3v) is 4.35. The first-order valence-corrected chi connectivity index (χ1v) is 8.16. The number of carbonyl (C=O) groups is 1. The van der Waals surface area contributed by atoms with E-state index in [0.29, 0.717) is 12.6 Å². The monoisotopic (exact) mass is 313 g/mol. The summed E-state index contributed by atoms with van der Waals surface area (Å²) in [5.41, 5.74) is 1.09. The van der Waals surface area contributed by atoms with Crippen LogP contribution in [-0.4, -0.2) is 39.6 Å². The molecule has 5 heteroatoms. The molecule has 122 valence electrons. The number of likely N-dealkylation sites (tertiary alicyclic amines) is 1. The van der Waals surface area contributed by atoms with Crippen LogP contribution in [0.3, 0.4) is 0 Å². The summed E-state index contributed by atoms with van der Waals surface area (Å²) in [5, 5.41) is 0. The molecule has 0 unspecified atom stereocenters. The van der Waals surface area contributed by atoms with Gasteiger partial charge in [0.05, 0.1) is 19.0 Å². The SMILES string of the molecule is C[C@H](OCc1ccccc1)C(=O)N1CCC[C@H](n2ccnc2)C1. The maximum atomic E-state index is 12.6. The van der Waals surface area contributed by atoms with Crippen molar-refractivity contribution < 1.29 is 9.53 Å². The van der Waals surface area contributed by atoms with Crippen LogP contribution in [0, 0.1) is 0 Å². The zero-order valence-electron chi connectivity index (χ0n) is 13.5. The predicted molar refractivity (Wildman–Crippen MR) is 87.8 cm³/mol. The Labute approximate surface area is 136 Å². The van der Waals surface area contributed by atoms with Crippen LogP contribution < -0.4 is 0 Å². The van der Waals surface area contributed by atoms with Crippen molar-refractivity contribution in [2.45, 2.75) is 38.5 Å². The lowest BCUT2D eigenvalue weighted by molar-refractivity contribution is -0.145. The van der Waals surface area contributed by atoms with Gasteiger partial charge in [0.2, 0.25) is 0 Å². The number of carbonyl (C=O) groups excluding carboxylic acids is 1. The molecule has 1 aliphatic rings. The first kappa shape index (κ1) is 15.7. The molecule has 0 radical (unpaired) electrons. The van der Waals surface area contributed by atoms with E-state index in [0.717, 1.165) is 31.5 Å². The van der Waals surface area contributed by atoms with Gasteiger partial charge in [0.15, 0.2) is 0 Å². The minimum absolute atomic E-state index is 0.0748. The Morgan fingerprint density at radius 3 is 2.96 bits per heavy atom. The van der Waals surface area contributed by atoms with Gasteiger partial charge in [0.1, 0.15) is 6.10 Å². The van der Waals surface area contributed by atoms with Gasteiger partial charge in [0, 0.05) is 25.5 Å². The highest BCUT2D eigenvalue weighted by molar-refractivity contribution is 5.80. The molecule has 23 heavy (non-hydrogen) atoms. The fourth-order valence-corrected chi connectivity index (χ4v) is 3.01. The lowest BCUT2D eigenvalue weighted by Gasteiger charge is -2.34. The smallest absolute Gasteiger partial charge is 0.251 e. The van der Waals surface area contributed by atoms with Crippen molar-refractivity contribution in [3.05, 3.63) is 54.6 Å². The Kier molecular flexibility index (Phi) is 5.08. The number of rotatable bonds is 5. The molecule has 2 heterocycles. The second-order valence-corrected chi connectivity index (χ2v) is 6.03. The summed E-state index contributed by atoms with van der Waals surface area (Å²) in [4.78, 5) is 18.6. The van der Waals surface area contributed by atoms with Crippen molar-refractivity contribution in [3.63, 3.8) is 0 Å². The van der Waals surface area contributed by atoms with E-state index >= 15 is 0 Å². The number of aromatic nitrogens is 2. The van der Waals surface area contributed by atoms with E-state index in [1.807, 2.05) is 54.7 Å². The van der Waals surface area contributed by atoms with Crippen LogP contribution in [-0.2, 0) is 16.1 Å². The Morgan fingerprint density at radius 1 is 1.39 bits per heavy atom. The Morgan fingerprint density at radius 2 is 2.22 bits per heavy atom. The minimum atomic E-state index is -0.420. The van der Waals surface area contributed by atoms with Crippen LogP contribution in [0.5, 0.6) is 0 Å². The second kappa shape index (κ2) is 7.42. The number of amides is 1. The summed E-state index contributed by atoms with van der Waals surface area (Å²) in [6, 6.07) is 10.3. The summed E-state index contributed by atoms with van der Waals surface area (Å²) < 4.78 is 7.85. The number of hydrogen-bond acceptors (Lipinski definition) is 3. The van der Waals surface area contributed by atoms with Crippen LogP contribution in [0.2, 0.25) is 0 Å². The molecular weight excluding hydrogens is 290 g/mol. The molecule has 2 atom stereocenters. The van der Waals surface area contributed by atoms with Crippen molar-refractivity contribution in [1.82, 2.24) is 14.5 Å². The third kappa shape index (κ3) is 3.99. The van der Waals surface area contributed by atoms with Crippen molar-refractivity contribution in [1.29, 1.82) is 0 Å². The van der Waals surface area contributed by atoms with Gasteiger partial charge in [-0.05, 0) is 25.3 Å². The fourth-order valence-electron chi connectivity index (χ4n) is 3.01. The number of imidazole rings is 1. The first-order valence-electron chi connectivity index (χ1n) is 8.16. The molecule has 1 saturated heterocycles. The zero-order valence-corrected chi connectivity index (χ0v) is 13.5. The molecular formula is C18H23N3O2. The number of nitrogens with zero attached hydrogens (tertiary/aromatic N) is 3.